The average Bonchev–Trinajstić information content (AvgIpc) is 2.58. The third kappa shape index (κ3) is 7.31. The van der Waals surface area contributed by atoms with Gasteiger partial charge < -0.3 is 19.9 Å². The fraction of sp³-hybridized carbons (Fsp3) is 1.00. The van der Waals surface area contributed by atoms with E-state index >= 15 is 0 Å². The molecule has 1 fully saturated rings. The van der Waals surface area contributed by atoms with E-state index in [0.717, 1.165) is 13.0 Å². The van der Waals surface area contributed by atoms with E-state index in [9.17, 15) is 0 Å². The van der Waals surface area contributed by atoms with Crippen LogP contribution in [0.25, 0.3) is 0 Å². The molecule has 108 valence electrons. The minimum atomic E-state index is 0.383. The predicted molar refractivity (Wildman–Crippen MR) is 72.7 cm³/mol. The van der Waals surface area contributed by atoms with Crippen molar-refractivity contribution in [2.75, 3.05) is 40.1 Å². The fourth-order valence-electron chi connectivity index (χ4n) is 2.47. The van der Waals surface area contributed by atoms with E-state index in [4.69, 9.17) is 19.9 Å². The van der Waals surface area contributed by atoms with Gasteiger partial charge in [0.15, 0.2) is 0 Å². The molecule has 0 aromatic rings. The second-order valence-corrected chi connectivity index (χ2v) is 5.07. The van der Waals surface area contributed by atoms with Gasteiger partial charge in [-0.1, -0.05) is 19.3 Å². The van der Waals surface area contributed by atoms with Crippen molar-refractivity contribution in [2.24, 2.45) is 11.7 Å². The Balaban J connectivity index is 1.93. The standard InChI is InChI=1S/C14H29NO3/c1-16-9-10-18-12-11-17-8-7-13-5-3-2-4-6-14(13)15/h13-14H,2-12,15H2,1H3. The molecular weight excluding hydrogens is 230 g/mol. The van der Waals surface area contributed by atoms with Crippen molar-refractivity contribution in [1.29, 1.82) is 0 Å². The molecule has 0 spiro atoms. The SMILES string of the molecule is COCCOCCOCCC1CCCCCC1N. The molecule has 4 heteroatoms. The summed E-state index contributed by atoms with van der Waals surface area (Å²) in [5.41, 5.74) is 6.18. The summed E-state index contributed by atoms with van der Waals surface area (Å²) in [6, 6.07) is 0.383. The van der Waals surface area contributed by atoms with Crippen molar-refractivity contribution in [3.8, 4) is 0 Å². The van der Waals surface area contributed by atoms with Crippen LogP contribution in [0.2, 0.25) is 0 Å². The van der Waals surface area contributed by atoms with Gasteiger partial charge in [-0.3, -0.25) is 0 Å². The lowest BCUT2D eigenvalue weighted by Crippen LogP contribution is -2.29. The lowest BCUT2D eigenvalue weighted by atomic mass is 9.93. The van der Waals surface area contributed by atoms with Crippen molar-refractivity contribution in [3.63, 3.8) is 0 Å². The van der Waals surface area contributed by atoms with E-state index in [1.807, 2.05) is 0 Å². The van der Waals surface area contributed by atoms with Gasteiger partial charge in [0.25, 0.3) is 0 Å². The summed E-state index contributed by atoms with van der Waals surface area (Å²) >= 11 is 0. The van der Waals surface area contributed by atoms with E-state index < -0.39 is 0 Å². The highest BCUT2D eigenvalue weighted by atomic mass is 16.5. The second-order valence-electron chi connectivity index (χ2n) is 5.07. The first-order chi connectivity index (χ1) is 8.84. The van der Waals surface area contributed by atoms with Gasteiger partial charge in [0, 0.05) is 19.8 Å². The molecule has 0 aliphatic heterocycles. The first kappa shape index (κ1) is 15.9. The fourth-order valence-corrected chi connectivity index (χ4v) is 2.47. The Bertz CT molecular complexity index is 190. The molecule has 4 nitrogen and oxygen atoms in total. The van der Waals surface area contributed by atoms with Crippen LogP contribution < -0.4 is 5.73 Å². The van der Waals surface area contributed by atoms with Crippen molar-refractivity contribution in [2.45, 2.75) is 44.6 Å². The lowest BCUT2D eigenvalue weighted by Gasteiger charge is -2.21. The molecule has 0 radical (unpaired) electrons. The third-order valence-corrected chi connectivity index (χ3v) is 3.65. The van der Waals surface area contributed by atoms with Gasteiger partial charge in [0.05, 0.1) is 26.4 Å². The van der Waals surface area contributed by atoms with Gasteiger partial charge in [0.1, 0.15) is 0 Å². The summed E-state index contributed by atoms with van der Waals surface area (Å²) in [7, 11) is 1.68. The number of hydrogen-bond donors (Lipinski definition) is 1. The number of nitrogens with two attached hydrogens (primary N) is 1. The Morgan fingerprint density at radius 3 is 2.33 bits per heavy atom. The van der Waals surface area contributed by atoms with Gasteiger partial charge in [-0.25, -0.2) is 0 Å². The molecule has 18 heavy (non-hydrogen) atoms. The molecule has 0 aromatic heterocycles. The van der Waals surface area contributed by atoms with E-state index in [0.29, 0.717) is 38.4 Å². The van der Waals surface area contributed by atoms with E-state index in [1.165, 1.54) is 32.1 Å². The van der Waals surface area contributed by atoms with Gasteiger partial charge in [-0.05, 0) is 25.2 Å². The van der Waals surface area contributed by atoms with Crippen LogP contribution in [0.3, 0.4) is 0 Å². The molecule has 1 aliphatic rings. The maximum atomic E-state index is 6.18. The Morgan fingerprint density at radius 2 is 1.56 bits per heavy atom. The first-order valence-corrected chi connectivity index (χ1v) is 7.24. The van der Waals surface area contributed by atoms with E-state index in [-0.39, 0.29) is 0 Å². The van der Waals surface area contributed by atoms with E-state index in [1.54, 1.807) is 7.11 Å². The molecule has 2 N–H and O–H groups in total. The number of hydrogen-bond acceptors (Lipinski definition) is 4. The van der Waals surface area contributed by atoms with Gasteiger partial charge in [-0.15, -0.1) is 0 Å². The maximum absolute atomic E-state index is 6.18. The molecule has 2 atom stereocenters. The van der Waals surface area contributed by atoms with Crippen molar-refractivity contribution < 1.29 is 14.2 Å². The molecule has 1 saturated carbocycles. The van der Waals surface area contributed by atoms with Crippen molar-refractivity contribution in [3.05, 3.63) is 0 Å². The summed E-state index contributed by atoms with van der Waals surface area (Å²) in [6.45, 7) is 3.43. The maximum Gasteiger partial charge on any atom is 0.0701 e. The summed E-state index contributed by atoms with van der Waals surface area (Å²) < 4.78 is 15.8. The van der Waals surface area contributed by atoms with Crippen LogP contribution in [0, 0.1) is 5.92 Å². The number of rotatable bonds is 9. The summed E-state index contributed by atoms with van der Waals surface area (Å²) in [5, 5.41) is 0. The molecule has 0 heterocycles. The topological polar surface area (TPSA) is 53.7 Å². The highest BCUT2D eigenvalue weighted by Gasteiger charge is 2.19. The second kappa shape index (κ2) is 10.7. The summed E-state index contributed by atoms with van der Waals surface area (Å²) in [5.74, 6) is 0.655. The highest BCUT2D eigenvalue weighted by Crippen LogP contribution is 2.24. The molecule has 0 aromatic carbocycles. The van der Waals surface area contributed by atoms with Gasteiger partial charge in [0.2, 0.25) is 0 Å². The molecule has 1 rings (SSSR count). The van der Waals surface area contributed by atoms with Gasteiger partial charge >= 0.3 is 0 Å². The lowest BCUT2D eigenvalue weighted by molar-refractivity contribution is 0.0210. The van der Waals surface area contributed by atoms with E-state index in [2.05, 4.69) is 0 Å². The van der Waals surface area contributed by atoms with Crippen LogP contribution in [0.5, 0.6) is 0 Å². The van der Waals surface area contributed by atoms with Crippen LogP contribution in [0.15, 0.2) is 0 Å². The van der Waals surface area contributed by atoms with Gasteiger partial charge in [-0.2, -0.15) is 0 Å². The number of methoxy groups -OCH3 is 1. The zero-order valence-electron chi connectivity index (χ0n) is 11.7. The molecule has 0 saturated heterocycles. The Morgan fingerprint density at radius 1 is 0.889 bits per heavy atom. The monoisotopic (exact) mass is 259 g/mol. The first-order valence-electron chi connectivity index (χ1n) is 7.24. The Kier molecular flexibility index (Phi) is 9.48. The minimum Gasteiger partial charge on any atom is -0.382 e. The van der Waals surface area contributed by atoms with Crippen LogP contribution in [-0.4, -0.2) is 46.2 Å². The van der Waals surface area contributed by atoms with Crippen molar-refractivity contribution >= 4 is 0 Å². The summed E-state index contributed by atoms with van der Waals surface area (Å²) in [4.78, 5) is 0. The largest absolute Gasteiger partial charge is 0.382 e. The smallest absolute Gasteiger partial charge is 0.0701 e. The quantitative estimate of drug-likeness (QED) is 0.508. The predicted octanol–water partition coefficient (Wildman–Crippen LogP) is 1.96. The molecular formula is C14H29NO3. The molecule has 1 aliphatic carbocycles. The minimum absolute atomic E-state index is 0.383. The third-order valence-electron chi connectivity index (χ3n) is 3.65. The molecule has 0 bridgehead atoms. The average molecular weight is 259 g/mol. The number of ether oxygens (including phenoxy) is 3. The van der Waals surface area contributed by atoms with Crippen LogP contribution >= 0.6 is 0 Å². The molecule has 2 unspecified atom stereocenters. The van der Waals surface area contributed by atoms with Crippen molar-refractivity contribution in [1.82, 2.24) is 0 Å². The van der Waals surface area contributed by atoms with Crippen LogP contribution in [-0.2, 0) is 14.2 Å². The van der Waals surface area contributed by atoms with Crippen LogP contribution in [0.4, 0.5) is 0 Å². The zero-order chi connectivity index (χ0) is 13.1. The normalized spacial score (nSPS) is 25.0. The Labute approximate surface area is 111 Å². The van der Waals surface area contributed by atoms with Crippen LogP contribution in [0.1, 0.15) is 38.5 Å². The summed E-state index contributed by atoms with van der Waals surface area (Å²) in [6.07, 6.45) is 7.53. The zero-order valence-corrected chi connectivity index (χ0v) is 11.7. The Hall–Kier alpha value is -0.160. The highest BCUT2D eigenvalue weighted by molar-refractivity contribution is 4.76. The molecule has 0 amide bonds.